The van der Waals surface area contributed by atoms with E-state index in [2.05, 4.69) is 4.18 Å². The predicted molar refractivity (Wildman–Crippen MR) is 54.3 cm³/mol. The predicted octanol–water partition coefficient (Wildman–Crippen LogP) is -0.293. The summed E-state index contributed by atoms with van der Waals surface area (Å²) in [7, 11) is -5.14. The molecule has 0 radical (unpaired) electrons. The summed E-state index contributed by atoms with van der Waals surface area (Å²) < 4.78 is 83.6. The second-order valence-corrected chi connectivity index (χ2v) is 4.88. The number of hydrogen-bond acceptors (Lipinski definition) is 4. The molecule has 0 heterocycles. The minimum atomic E-state index is -5.14. The van der Waals surface area contributed by atoms with Crippen molar-refractivity contribution in [1.82, 2.24) is 0 Å². The molecule has 0 aromatic heterocycles. The fourth-order valence-electron chi connectivity index (χ4n) is 1.36. The van der Waals surface area contributed by atoms with Gasteiger partial charge in [-0.1, -0.05) is 26.2 Å². The van der Waals surface area contributed by atoms with E-state index in [4.69, 9.17) is 0 Å². The fourth-order valence-corrected chi connectivity index (χ4v) is 1.87. The van der Waals surface area contributed by atoms with E-state index in [1.54, 1.807) is 0 Å². The van der Waals surface area contributed by atoms with Gasteiger partial charge in [-0.3, -0.25) is 4.18 Å². The Balaban J connectivity index is 0. The molecule has 0 N–H and O–H groups in total. The molecule has 0 saturated carbocycles. The van der Waals surface area contributed by atoms with Gasteiger partial charge in [0.25, 0.3) is 0 Å². The van der Waals surface area contributed by atoms with Crippen LogP contribution < -0.4 is 29.6 Å². The van der Waals surface area contributed by atoms with Crippen LogP contribution in [0.4, 0.5) is 17.6 Å². The van der Waals surface area contributed by atoms with E-state index in [1.807, 2.05) is 6.92 Å². The van der Waals surface area contributed by atoms with E-state index >= 15 is 0 Å². The quantitative estimate of drug-likeness (QED) is 0.203. The topological polar surface area (TPSA) is 66.4 Å². The van der Waals surface area contributed by atoms with E-state index in [9.17, 15) is 30.5 Å². The summed E-state index contributed by atoms with van der Waals surface area (Å²) in [5.74, 6) is 0. The van der Waals surface area contributed by atoms with Crippen LogP contribution in [-0.2, 0) is 14.6 Å². The molecule has 19 heavy (non-hydrogen) atoms. The molecule has 0 aromatic carbocycles. The Kier molecular flexibility index (Phi) is 11.0. The molecule has 0 bridgehead atoms. The van der Waals surface area contributed by atoms with Gasteiger partial charge < -0.3 is 4.55 Å². The Bertz CT molecular complexity index is 334. The SMILES string of the molecule is CCCCCC(CC(F)C(F)(F)F)OS(=O)(=O)[O-].[Na+]. The van der Waals surface area contributed by atoms with Crippen LogP contribution in [0.3, 0.4) is 0 Å². The smallest absolute Gasteiger partial charge is 0.726 e. The summed E-state index contributed by atoms with van der Waals surface area (Å²) in [6.45, 7) is 1.83. The summed E-state index contributed by atoms with van der Waals surface area (Å²) in [6, 6.07) is 0. The summed E-state index contributed by atoms with van der Waals surface area (Å²) >= 11 is 0. The number of alkyl halides is 4. The Labute approximate surface area is 132 Å². The molecule has 4 nitrogen and oxygen atoms in total. The first-order chi connectivity index (χ1) is 8.06. The van der Waals surface area contributed by atoms with Gasteiger partial charge >= 0.3 is 35.7 Å². The van der Waals surface area contributed by atoms with E-state index in [0.29, 0.717) is 12.8 Å². The first-order valence-corrected chi connectivity index (χ1v) is 6.74. The van der Waals surface area contributed by atoms with Gasteiger partial charge in [0.1, 0.15) is 0 Å². The van der Waals surface area contributed by atoms with Crippen molar-refractivity contribution in [3.63, 3.8) is 0 Å². The van der Waals surface area contributed by atoms with Crippen LogP contribution >= 0.6 is 0 Å². The zero-order chi connectivity index (χ0) is 14.4. The van der Waals surface area contributed by atoms with Crippen molar-refractivity contribution in [3.8, 4) is 0 Å². The van der Waals surface area contributed by atoms with Crippen molar-refractivity contribution in [3.05, 3.63) is 0 Å². The molecule has 2 atom stereocenters. The first-order valence-electron chi connectivity index (χ1n) is 5.41. The fraction of sp³-hybridized carbons (Fsp3) is 1.00. The second-order valence-electron chi connectivity index (χ2n) is 3.87. The van der Waals surface area contributed by atoms with Crippen molar-refractivity contribution >= 4 is 10.4 Å². The van der Waals surface area contributed by atoms with Crippen molar-refractivity contribution in [2.75, 3.05) is 0 Å². The van der Waals surface area contributed by atoms with E-state index in [-0.39, 0.29) is 36.0 Å². The molecule has 2 unspecified atom stereocenters. The van der Waals surface area contributed by atoms with Crippen LogP contribution in [-0.4, -0.2) is 31.4 Å². The largest absolute Gasteiger partial charge is 1.00 e. The standard InChI is InChI=1S/C9H16F4O4S.Na/c1-2-3-4-5-7(17-18(14,15)16)6-8(10)9(11,12)13;/h7-8H,2-6H2,1H3,(H,14,15,16);/q;+1/p-1. The minimum Gasteiger partial charge on any atom is -0.726 e. The Morgan fingerprint density at radius 1 is 1.26 bits per heavy atom. The van der Waals surface area contributed by atoms with Gasteiger partial charge in [0.2, 0.25) is 10.4 Å². The maximum Gasteiger partial charge on any atom is 1.00 e. The molecule has 0 amide bonds. The van der Waals surface area contributed by atoms with Gasteiger partial charge in [-0.25, -0.2) is 12.8 Å². The minimum absolute atomic E-state index is 0. The van der Waals surface area contributed by atoms with Crippen LogP contribution in [0.2, 0.25) is 0 Å². The third-order valence-electron chi connectivity index (χ3n) is 2.21. The zero-order valence-corrected chi connectivity index (χ0v) is 13.6. The molecular formula is C9H15F4NaO4S. The molecule has 0 aliphatic heterocycles. The van der Waals surface area contributed by atoms with Crippen molar-refractivity contribution in [2.24, 2.45) is 0 Å². The van der Waals surface area contributed by atoms with Crippen LogP contribution in [0, 0.1) is 0 Å². The van der Waals surface area contributed by atoms with E-state index in [0.717, 1.165) is 6.42 Å². The maximum atomic E-state index is 12.7. The first kappa shape index (κ1) is 21.9. The van der Waals surface area contributed by atoms with Crippen molar-refractivity contribution < 1.29 is 64.3 Å². The molecule has 0 rings (SSSR count). The molecule has 0 aromatic rings. The molecule has 0 aliphatic rings. The molecule has 0 saturated heterocycles. The molecule has 0 fully saturated rings. The average Bonchev–Trinajstić information content (AvgIpc) is 2.13. The van der Waals surface area contributed by atoms with E-state index < -0.39 is 35.3 Å². The van der Waals surface area contributed by atoms with Gasteiger partial charge in [0.15, 0.2) is 6.17 Å². The summed E-state index contributed by atoms with van der Waals surface area (Å²) in [5.41, 5.74) is 0. The summed E-state index contributed by atoms with van der Waals surface area (Å²) in [4.78, 5) is 0. The monoisotopic (exact) mass is 318 g/mol. The number of halogens is 4. The van der Waals surface area contributed by atoms with Gasteiger partial charge in [-0.05, 0) is 6.42 Å². The Hall–Kier alpha value is 0.590. The Morgan fingerprint density at radius 2 is 1.79 bits per heavy atom. The molecule has 110 valence electrons. The van der Waals surface area contributed by atoms with E-state index in [1.165, 1.54) is 0 Å². The van der Waals surface area contributed by atoms with Crippen molar-refractivity contribution in [2.45, 2.75) is 57.5 Å². The van der Waals surface area contributed by atoms with Crippen LogP contribution in [0.5, 0.6) is 0 Å². The van der Waals surface area contributed by atoms with Crippen LogP contribution in [0.15, 0.2) is 0 Å². The molecule has 0 aliphatic carbocycles. The van der Waals surface area contributed by atoms with Crippen LogP contribution in [0.25, 0.3) is 0 Å². The maximum absolute atomic E-state index is 12.7. The van der Waals surface area contributed by atoms with Gasteiger partial charge in [-0.2, -0.15) is 13.2 Å². The molecular weight excluding hydrogens is 303 g/mol. The molecule has 10 heteroatoms. The van der Waals surface area contributed by atoms with Gasteiger partial charge in [0, 0.05) is 6.42 Å². The van der Waals surface area contributed by atoms with Crippen molar-refractivity contribution in [1.29, 1.82) is 0 Å². The second kappa shape index (κ2) is 9.51. The number of unbranched alkanes of at least 4 members (excludes halogenated alkanes) is 2. The number of rotatable bonds is 8. The summed E-state index contributed by atoms with van der Waals surface area (Å²) in [6.07, 6.45) is -9.42. The van der Waals surface area contributed by atoms with Gasteiger partial charge in [0.05, 0.1) is 6.10 Å². The third kappa shape index (κ3) is 12.1. The third-order valence-corrected chi connectivity index (χ3v) is 2.72. The molecule has 0 spiro atoms. The zero-order valence-electron chi connectivity index (χ0n) is 10.7. The Morgan fingerprint density at radius 3 is 2.16 bits per heavy atom. The van der Waals surface area contributed by atoms with Crippen LogP contribution in [0.1, 0.15) is 39.0 Å². The number of hydrogen-bond donors (Lipinski definition) is 0. The average molecular weight is 318 g/mol. The normalized spacial score (nSPS) is 15.7. The van der Waals surface area contributed by atoms with Gasteiger partial charge in [-0.15, -0.1) is 0 Å². The summed E-state index contributed by atoms with van der Waals surface area (Å²) in [5, 5.41) is 0.